The molecule has 0 radical (unpaired) electrons. The summed E-state index contributed by atoms with van der Waals surface area (Å²) in [6, 6.07) is 2.41. The number of nitriles is 1. The highest BCUT2D eigenvalue weighted by Gasteiger charge is 2.27. The molecule has 0 aromatic heterocycles. The van der Waals surface area contributed by atoms with Crippen LogP contribution in [0.2, 0.25) is 0 Å². The molecule has 2 nitrogen and oxygen atoms in total. The van der Waals surface area contributed by atoms with E-state index in [9.17, 15) is 0 Å². The van der Waals surface area contributed by atoms with Crippen molar-refractivity contribution in [1.29, 1.82) is 5.26 Å². The summed E-state index contributed by atoms with van der Waals surface area (Å²) < 4.78 is 0. The molecule has 17 heavy (non-hydrogen) atoms. The van der Waals surface area contributed by atoms with Crippen molar-refractivity contribution < 1.29 is 0 Å². The highest BCUT2D eigenvalue weighted by molar-refractivity contribution is 4.91. The molecule has 0 aromatic carbocycles. The number of rotatable bonds is 3. The van der Waals surface area contributed by atoms with Crippen molar-refractivity contribution in [3.05, 3.63) is 0 Å². The summed E-state index contributed by atoms with van der Waals surface area (Å²) in [6.45, 7) is 8.16. The second kappa shape index (κ2) is 5.87. The Morgan fingerprint density at radius 1 is 1.18 bits per heavy atom. The zero-order valence-electron chi connectivity index (χ0n) is 11.4. The van der Waals surface area contributed by atoms with Gasteiger partial charge in [0.25, 0.3) is 0 Å². The van der Waals surface area contributed by atoms with Gasteiger partial charge in [-0.1, -0.05) is 13.8 Å². The van der Waals surface area contributed by atoms with Crippen LogP contribution >= 0.6 is 0 Å². The van der Waals surface area contributed by atoms with Crippen LogP contribution in [-0.4, -0.2) is 24.5 Å². The van der Waals surface area contributed by atoms with Crippen LogP contribution in [0.4, 0.5) is 0 Å². The maximum absolute atomic E-state index is 8.91. The first-order valence-corrected chi connectivity index (χ1v) is 7.31. The molecule has 1 aliphatic heterocycles. The van der Waals surface area contributed by atoms with Gasteiger partial charge in [-0.2, -0.15) is 5.26 Å². The quantitative estimate of drug-likeness (QED) is 0.749. The van der Waals surface area contributed by atoms with Crippen LogP contribution in [0.5, 0.6) is 0 Å². The van der Waals surface area contributed by atoms with Crippen molar-refractivity contribution in [3.8, 4) is 6.07 Å². The number of likely N-dealkylation sites (tertiary alicyclic amines) is 1. The summed E-state index contributed by atoms with van der Waals surface area (Å²) in [5, 5.41) is 8.91. The predicted molar refractivity (Wildman–Crippen MR) is 70.4 cm³/mol. The number of hydrogen-bond acceptors (Lipinski definition) is 2. The lowest BCUT2D eigenvalue weighted by atomic mass is 9.77. The lowest BCUT2D eigenvalue weighted by molar-refractivity contribution is 0.178. The minimum absolute atomic E-state index is 0.307. The molecule has 0 N–H and O–H groups in total. The van der Waals surface area contributed by atoms with Crippen LogP contribution in [0.15, 0.2) is 0 Å². The molecule has 0 aromatic rings. The molecule has 0 bridgehead atoms. The van der Waals surface area contributed by atoms with Crippen LogP contribution in [0.3, 0.4) is 0 Å². The fraction of sp³-hybridized carbons (Fsp3) is 0.933. The van der Waals surface area contributed by atoms with E-state index >= 15 is 0 Å². The maximum Gasteiger partial charge on any atom is 0.0669 e. The third-order valence-corrected chi connectivity index (χ3v) is 4.81. The normalized spacial score (nSPS) is 35.1. The molecular formula is C15H26N2. The smallest absolute Gasteiger partial charge is 0.0669 e. The van der Waals surface area contributed by atoms with E-state index in [1.54, 1.807) is 0 Å². The van der Waals surface area contributed by atoms with Crippen LogP contribution in [0, 0.1) is 35.0 Å². The largest absolute Gasteiger partial charge is 0.302 e. The average Bonchev–Trinajstić information content (AvgIpc) is 2.77. The molecule has 0 unspecified atom stereocenters. The van der Waals surface area contributed by atoms with Crippen molar-refractivity contribution in [2.75, 3.05) is 19.6 Å². The molecular weight excluding hydrogens is 208 g/mol. The zero-order valence-corrected chi connectivity index (χ0v) is 11.4. The molecule has 2 fully saturated rings. The van der Waals surface area contributed by atoms with Crippen LogP contribution in [0.25, 0.3) is 0 Å². The lowest BCUT2D eigenvalue weighted by Crippen LogP contribution is -2.30. The SMILES string of the molecule is CC(C)C1CCC(CN2CC[C@H](C#N)C2)CC1. The van der Waals surface area contributed by atoms with E-state index in [2.05, 4.69) is 24.8 Å². The van der Waals surface area contributed by atoms with Crippen molar-refractivity contribution >= 4 is 0 Å². The number of nitrogens with zero attached hydrogens (tertiary/aromatic N) is 2. The van der Waals surface area contributed by atoms with E-state index in [4.69, 9.17) is 5.26 Å². The molecule has 1 saturated carbocycles. The minimum Gasteiger partial charge on any atom is -0.302 e. The second-order valence-electron chi connectivity index (χ2n) is 6.40. The molecule has 2 rings (SSSR count). The number of hydrogen-bond donors (Lipinski definition) is 0. The van der Waals surface area contributed by atoms with Crippen LogP contribution in [-0.2, 0) is 0 Å². The van der Waals surface area contributed by atoms with Crippen molar-refractivity contribution in [1.82, 2.24) is 4.90 Å². The van der Waals surface area contributed by atoms with Gasteiger partial charge in [-0.25, -0.2) is 0 Å². The van der Waals surface area contributed by atoms with Crippen molar-refractivity contribution in [2.24, 2.45) is 23.7 Å². The Balaban J connectivity index is 1.70. The first-order chi connectivity index (χ1) is 8.19. The van der Waals surface area contributed by atoms with E-state index in [1.807, 2.05) is 0 Å². The van der Waals surface area contributed by atoms with Gasteiger partial charge in [0, 0.05) is 13.1 Å². The summed E-state index contributed by atoms with van der Waals surface area (Å²) in [6.07, 6.45) is 6.78. The molecule has 0 amide bonds. The molecule has 2 aliphatic rings. The van der Waals surface area contributed by atoms with E-state index < -0.39 is 0 Å². The van der Waals surface area contributed by atoms with E-state index in [-0.39, 0.29) is 0 Å². The monoisotopic (exact) mass is 234 g/mol. The van der Waals surface area contributed by atoms with Gasteiger partial charge in [-0.05, 0) is 56.4 Å². The molecule has 0 spiro atoms. The summed E-state index contributed by atoms with van der Waals surface area (Å²) in [5.74, 6) is 3.05. The molecule has 1 aliphatic carbocycles. The summed E-state index contributed by atoms with van der Waals surface area (Å²) in [7, 11) is 0. The van der Waals surface area contributed by atoms with Crippen LogP contribution in [0.1, 0.15) is 46.0 Å². The maximum atomic E-state index is 8.91. The van der Waals surface area contributed by atoms with E-state index in [1.165, 1.54) is 32.2 Å². The Kier molecular flexibility index (Phi) is 4.45. The highest BCUT2D eigenvalue weighted by Crippen LogP contribution is 2.34. The van der Waals surface area contributed by atoms with Gasteiger partial charge in [0.2, 0.25) is 0 Å². The molecule has 1 atom stereocenters. The summed E-state index contributed by atoms with van der Waals surface area (Å²) in [5.41, 5.74) is 0. The highest BCUT2D eigenvalue weighted by atomic mass is 15.1. The third kappa shape index (κ3) is 3.45. The second-order valence-corrected chi connectivity index (χ2v) is 6.40. The van der Waals surface area contributed by atoms with Crippen molar-refractivity contribution in [3.63, 3.8) is 0 Å². The van der Waals surface area contributed by atoms with Gasteiger partial charge in [-0.15, -0.1) is 0 Å². The Bertz CT molecular complexity index is 271. The average molecular weight is 234 g/mol. The van der Waals surface area contributed by atoms with E-state index in [0.29, 0.717) is 5.92 Å². The minimum atomic E-state index is 0.307. The molecule has 2 heteroatoms. The van der Waals surface area contributed by atoms with Gasteiger partial charge in [0.05, 0.1) is 12.0 Å². The van der Waals surface area contributed by atoms with Gasteiger partial charge in [0.1, 0.15) is 0 Å². The Morgan fingerprint density at radius 3 is 2.41 bits per heavy atom. The standard InChI is InChI=1S/C15H26N2/c1-12(2)15-5-3-13(4-6-15)10-17-8-7-14(9-16)11-17/h12-15H,3-8,10-11H2,1-2H3/t13?,14-,15?/m1/s1. The first-order valence-electron chi connectivity index (χ1n) is 7.31. The Hall–Kier alpha value is -0.550. The molecule has 1 saturated heterocycles. The van der Waals surface area contributed by atoms with Gasteiger partial charge < -0.3 is 4.90 Å². The molecule has 96 valence electrons. The van der Waals surface area contributed by atoms with Gasteiger partial charge in [-0.3, -0.25) is 0 Å². The lowest BCUT2D eigenvalue weighted by Gasteiger charge is -2.33. The van der Waals surface area contributed by atoms with E-state index in [0.717, 1.165) is 37.3 Å². The van der Waals surface area contributed by atoms with Gasteiger partial charge >= 0.3 is 0 Å². The van der Waals surface area contributed by atoms with Crippen LogP contribution < -0.4 is 0 Å². The first kappa shape index (κ1) is 12.9. The Labute approximate surface area is 106 Å². The molecule has 1 heterocycles. The summed E-state index contributed by atoms with van der Waals surface area (Å²) >= 11 is 0. The fourth-order valence-corrected chi connectivity index (χ4v) is 3.51. The third-order valence-electron chi connectivity index (χ3n) is 4.81. The van der Waals surface area contributed by atoms with Crippen molar-refractivity contribution in [2.45, 2.75) is 46.0 Å². The summed E-state index contributed by atoms with van der Waals surface area (Å²) in [4.78, 5) is 2.52. The predicted octanol–water partition coefficient (Wildman–Crippen LogP) is 3.29. The topological polar surface area (TPSA) is 27.0 Å². The Morgan fingerprint density at radius 2 is 1.88 bits per heavy atom. The fourth-order valence-electron chi connectivity index (χ4n) is 3.51. The zero-order chi connectivity index (χ0) is 12.3. The van der Waals surface area contributed by atoms with Gasteiger partial charge in [0.15, 0.2) is 0 Å².